The van der Waals surface area contributed by atoms with E-state index in [1.807, 2.05) is 46.8 Å². The molecular formula is C24H29N3O3. The zero-order chi connectivity index (χ0) is 22.1. The molecule has 0 aliphatic heterocycles. The number of allylic oxidation sites excluding steroid dienone is 1. The van der Waals surface area contributed by atoms with Gasteiger partial charge in [-0.15, -0.1) is 0 Å². The standard InChI is InChI=1S/C24H29N3O3/c1-6-29-23-14-19(13-20(15-25)21-9-7-8-12-26-21)10-11-22(23)30-16-24(28)27(17(2)3)18(4)5/h7-14,17-18H,6,16H2,1-5H3/b20-13+. The summed E-state index contributed by atoms with van der Waals surface area (Å²) in [6, 6.07) is 13.2. The Balaban J connectivity index is 2.24. The molecule has 0 bridgehead atoms. The van der Waals surface area contributed by atoms with E-state index in [4.69, 9.17) is 9.47 Å². The van der Waals surface area contributed by atoms with E-state index in [-0.39, 0.29) is 24.6 Å². The van der Waals surface area contributed by atoms with Gasteiger partial charge >= 0.3 is 0 Å². The van der Waals surface area contributed by atoms with Crippen molar-refractivity contribution in [3.05, 3.63) is 53.9 Å². The summed E-state index contributed by atoms with van der Waals surface area (Å²) in [6.45, 7) is 10.2. The molecule has 30 heavy (non-hydrogen) atoms. The smallest absolute Gasteiger partial charge is 0.260 e. The number of pyridine rings is 1. The molecular weight excluding hydrogens is 378 g/mol. The summed E-state index contributed by atoms with van der Waals surface area (Å²) in [4.78, 5) is 18.6. The Bertz CT molecular complexity index is 907. The molecule has 1 aromatic heterocycles. The minimum Gasteiger partial charge on any atom is -0.490 e. The van der Waals surface area contributed by atoms with Crippen molar-refractivity contribution in [3.63, 3.8) is 0 Å². The minimum absolute atomic E-state index is 0.0665. The molecule has 0 saturated heterocycles. The molecule has 6 nitrogen and oxygen atoms in total. The first-order valence-corrected chi connectivity index (χ1v) is 10.1. The normalized spacial score (nSPS) is 11.3. The van der Waals surface area contributed by atoms with Gasteiger partial charge in [-0.1, -0.05) is 12.1 Å². The van der Waals surface area contributed by atoms with E-state index in [1.165, 1.54) is 0 Å². The number of benzene rings is 1. The second-order valence-electron chi connectivity index (χ2n) is 7.30. The Kier molecular flexibility index (Phi) is 8.42. The fourth-order valence-electron chi connectivity index (χ4n) is 3.24. The maximum Gasteiger partial charge on any atom is 0.260 e. The van der Waals surface area contributed by atoms with Crippen LogP contribution in [0.1, 0.15) is 45.9 Å². The van der Waals surface area contributed by atoms with Gasteiger partial charge in [0.05, 0.1) is 17.9 Å². The number of nitrogens with zero attached hydrogens (tertiary/aromatic N) is 3. The third kappa shape index (κ3) is 6.08. The molecule has 6 heteroatoms. The van der Waals surface area contributed by atoms with Gasteiger partial charge in [0.1, 0.15) is 6.07 Å². The van der Waals surface area contributed by atoms with E-state index in [1.54, 1.807) is 41.4 Å². The number of hydrogen-bond donors (Lipinski definition) is 0. The molecule has 2 rings (SSSR count). The van der Waals surface area contributed by atoms with Crippen molar-refractivity contribution < 1.29 is 14.3 Å². The summed E-state index contributed by atoms with van der Waals surface area (Å²) in [5.74, 6) is 0.942. The molecule has 1 aromatic carbocycles. The van der Waals surface area contributed by atoms with E-state index in [0.29, 0.717) is 29.4 Å². The minimum atomic E-state index is -0.0756. The van der Waals surface area contributed by atoms with Crippen molar-refractivity contribution in [1.82, 2.24) is 9.88 Å². The summed E-state index contributed by atoms with van der Waals surface area (Å²) in [7, 11) is 0. The van der Waals surface area contributed by atoms with Crippen molar-refractivity contribution >= 4 is 17.6 Å². The van der Waals surface area contributed by atoms with Gasteiger partial charge in [-0.3, -0.25) is 9.78 Å². The van der Waals surface area contributed by atoms with Gasteiger partial charge in [0.25, 0.3) is 5.91 Å². The Morgan fingerprint density at radius 3 is 2.43 bits per heavy atom. The number of rotatable bonds is 9. The lowest BCUT2D eigenvalue weighted by Crippen LogP contribution is -2.44. The van der Waals surface area contributed by atoms with Gasteiger partial charge in [-0.05, 0) is 70.5 Å². The van der Waals surface area contributed by atoms with Gasteiger partial charge in [0.15, 0.2) is 18.1 Å². The predicted octanol–water partition coefficient (Wildman–Crippen LogP) is 4.57. The van der Waals surface area contributed by atoms with Crippen LogP contribution in [0.25, 0.3) is 11.6 Å². The molecule has 0 aliphatic carbocycles. The molecule has 0 fully saturated rings. The molecule has 0 atom stereocenters. The Labute approximate surface area is 178 Å². The molecule has 158 valence electrons. The van der Waals surface area contributed by atoms with Gasteiger partial charge in [0.2, 0.25) is 0 Å². The monoisotopic (exact) mass is 407 g/mol. The summed E-state index contributed by atoms with van der Waals surface area (Å²) in [5, 5.41) is 9.50. The lowest BCUT2D eigenvalue weighted by molar-refractivity contribution is -0.137. The van der Waals surface area contributed by atoms with Crippen LogP contribution in [-0.4, -0.2) is 41.1 Å². The second kappa shape index (κ2) is 11.0. The van der Waals surface area contributed by atoms with Crippen LogP contribution in [0.15, 0.2) is 42.6 Å². The molecule has 0 aliphatic rings. The molecule has 1 heterocycles. The lowest BCUT2D eigenvalue weighted by Gasteiger charge is -2.30. The first-order chi connectivity index (χ1) is 14.4. The van der Waals surface area contributed by atoms with Crippen molar-refractivity contribution in [1.29, 1.82) is 5.26 Å². The van der Waals surface area contributed by atoms with E-state index in [2.05, 4.69) is 11.1 Å². The zero-order valence-electron chi connectivity index (χ0n) is 18.3. The summed E-state index contributed by atoms with van der Waals surface area (Å²) >= 11 is 0. The average molecular weight is 408 g/mol. The number of hydrogen-bond acceptors (Lipinski definition) is 5. The van der Waals surface area contributed by atoms with Crippen LogP contribution in [0, 0.1) is 11.3 Å². The number of carbonyl (C=O) groups excluding carboxylic acids is 1. The van der Waals surface area contributed by atoms with Gasteiger partial charge in [-0.2, -0.15) is 5.26 Å². The third-order valence-electron chi connectivity index (χ3n) is 4.39. The number of amides is 1. The van der Waals surface area contributed by atoms with Gasteiger partial charge in [0, 0.05) is 18.3 Å². The van der Waals surface area contributed by atoms with Crippen LogP contribution in [0.2, 0.25) is 0 Å². The van der Waals surface area contributed by atoms with Gasteiger partial charge in [-0.25, -0.2) is 0 Å². The van der Waals surface area contributed by atoms with E-state index in [9.17, 15) is 10.1 Å². The molecule has 0 N–H and O–H groups in total. The number of aromatic nitrogens is 1. The van der Waals surface area contributed by atoms with Crippen molar-refractivity contribution in [2.45, 2.75) is 46.7 Å². The molecule has 1 amide bonds. The highest BCUT2D eigenvalue weighted by Crippen LogP contribution is 2.30. The van der Waals surface area contributed by atoms with E-state index in [0.717, 1.165) is 5.56 Å². The van der Waals surface area contributed by atoms with E-state index < -0.39 is 0 Å². The topological polar surface area (TPSA) is 75.5 Å². The average Bonchev–Trinajstić information content (AvgIpc) is 2.71. The Morgan fingerprint density at radius 1 is 1.13 bits per heavy atom. The maximum atomic E-state index is 12.6. The number of carbonyl (C=O) groups is 1. The summed E-state index contributed by atoms with van der Waals surface area (Å²) < 4.78 is 11.5. The molecule has 0 saturated carbocycles. The highest BCUT2D eigenvalue weighted by atomic mass is 16.5. The third-order valence-corrected chi connectivity index (χ3v) is 4.39. The zero-order valence-corrected chi connectivity index (χ0v) is 18.3. The van der Waals surface area contributed by atoms with Crippen LogP contribution in [0.5, 0.6) is 11.5 Å². The second-order valence-corrected chi connectivity index (χ2v) is 7.30. The molecule has 0 radical (unpaired) electrons. The Hall–Kier alpha value is -3.33. The lowest BCUT2D eigenvalue weighted by atomic mass is 10.1. The SMILES string of the molecule is CCOc1cc(/C=C(\C#N)c2ccccn2)ccc1OCC(=O)N(C(C)C)C(C)C. The maximum absolute atomic E-state index is 12.6. The summed E-state index contributed by atoms with van der Waals surface area (Å²) in [6.07, 6.45) is 3.40. The highest BCUT2D eigenvalue weighted by Gasteiger charge is 2.21. The fraction of sp³-hybridized carbons (Fsp3) is 0.375. The van der Waals surface area contributed by atoms with Crippen LogP contribution < -0.4 is 9.47 Å². The quantitative estimate of drug-likeness (QED) is 0.569. The number of ether oxygens (including phenoxy) is 2. The van der Waals surface area contributed by atoms with Crippen molar-refractivity contribution in [2.75, 3.05) is 13.2 Å². The van der Waals surface area contributed by atoms with Crippen LogP contribution in [-0.2, 0) is 4.79 Å². The Morgan fingerprint density at radius 2 is 1.87 bits per heavy atom. The van der Waals surface area contributed by atoms with Gasteiger partial charge < -0.3 is 14.4 Å². The van der Waals surface area contributed by atoms with Crippen LogP contribution >= 0.6 is 0 Å². The van der Waals surface area contributed by atoms with Crippen LogP contribution in [0.3, 0.4) is 0 Å². The van der Waals surface area contributed by atoms with Crippen LogP contribution in [0.4, 0.5) is 0 Å². The summed E-state index contributed by atoms with van der Waals surface area (Å²) in [5.41, 5.74) is 1.84. The largest absolute Gasteiger partial charge is 0.490 e. The van der Waals surface area contributed by atoms with Crippen molar-refractivity contribution in [2.24, 2.45) is 0 Å². The van der Waals surface area contributed by atoms with Crippen molar-refractivity contribution in [3.8, 4) is 17.6 Å². The molecule has 0 spiro atoms. The highest BCUT2D eigenvalue weighted by molar-refractivity contribution is 5.88. The first kappa shape index (κ1) is 23.0. The molecule has 2 aromatic rings. The first-order valence-electron chi connectivity index (χ1n) is 10.1. The number of nitriles is 1. The predicted molar refractivity (Wildman–Crippen MR) is 118 cm³/mol. The molecule has 0 unspecified atom stereocenters. The van der Waals surface area contributed by atoms with E-state index >= 15 is 0 Å². The fourth-order valence-corrected chi connectivity index (χ4v) is 3.24.